The summed E-state index contributed by atoms with van der Waals surface area (Å²) < 4.78 is 23.9. The molecule has 1 saturated heterocycles. The van der Waals surface area contributed by atoms with Gasteiger partial charge in [0.05, 0.1) is 18.0 Å². The molecule has 2 heterocycles. The van der Waals surface area contributed by atoms with Crippen LogP contribution in [-0.2, 0) is 22.1 Å². The van der Waals surface area contributed by atoms with Crippen LogP contribution in [0.3, 0.4) is 0 Å². The Hall–Kier alpha value is -0.950. The first kappa shape index (κ1) is 12.5. The van der Waals surface area contributed by atoms with E-state index in [-0.39, 0.29) is 5.75 Å². The smallest absolute Gasteiger partial charge is 0.153 e. The predicted molar refractivity (Wildman–Crippen MR) is 64.2 cm³/mol. The minimum absolute atomic E-state index is 0.0310. The molecule has 2 rings (SSSR count). The normalized spacial score (nSPS) is 17.7. The lowest BCUT2D eigenvalue weighted by atomic mass is 10.4. The molecule has 0 atom stereocenters. The van der Waals surface area contributed by atoms with Crippen LogP contribution in [0.2, 0.25) is 0 Å². The van der Waals surface area contributed by atoms with E-state index in [0.29, 0.717) is 5.69 Å². The number of nitrogens with zero attached hydrogens (tertiary/aromatic N) is 4. The number of likely N-dealkylation sites (tertiary alicyclic amines) is 1. The van der Waals surface area contributed by atoms with Crippen molar-refractivity contribution in [1.82, 2.24) is 19.9 Å². The molecule has 6 nitrogen and oxygen atoms in total. The van der Waals surface area contributed by atoms with Gasteiger partial charge in [0.2, 0.25) is 0 Å². The van der Waals surface area contributed by atoms with Crippen LogP contribution < -0.4 is 0 Å². The number of aromatic nitrogens is 3. The second kappa shape index (κ2) is 5.14. The highest BCUT2D eigenvalue weighted by atomic mass is 32.2. The van der Waals surface area contributed by atoms with Crippen molar-refractivity contribution in [2.45, 2.75) is 25.1 Å². The minimum Gasteiger partial charge on any atom is -0.301 e. The van der Waals surface area contributed by atoms with Crippen molar-refractivity contribution in [3.05, 3.63) is 11.9 Å². The van der Waals surface area contributed by atoms with Crippen molar-refractivity contribution in [3.8, 4) is 0 Å². The number of hydrogen-bond donors (Lipinski definition) is 0. The van der Waals surface area contributed by atoms with Crippen LogP contribution in [0.4, 0.5) is 0 Å². The maximum Gasteiger partial charge on any atom is 0.153 e. The van der Waals surface area contributed by atoms with Crippen LogP contribution in [-0.4, -0.2) is 54.2 Å². The molecule has 0 saturated carbocycles. The summed E-state index contributed by atoms with van der Waals surface area (Å²) in [6.45, 7) is 4.05. The van der Waals surface area contributed by atoms with Gasteiger partial charge in [-0.25, -0.2) is 8.42 Å². The van der Waals surface area contributed by atoms with Gasteiger partial charge in [-0.05, 0) is 25.9 Å². The van der Waals surface area contributed by atoms with Gasteiger partial charge in [-0.1, -0.05) is 5.21 Å². The number of hydrogen-bond acceptors (Lipinski definition) is 5. The number of sulfone groups is 1. The highest BCUT2D eigenvalue weighted by Crippen LogP contribution is 2.07. The molecule has 0 aromatic carbocycles. The van der Waals surface area contributed by atoms with Gasteiger partial charge in [0.15, 0.2) is 9.84 Å². The van der Waals surface area contributed by atoms with Crippen LogP contribution in [0.15, 0.2) is 6.20 Å². The molecule has 0 N–H and O–H groups in total. The van der Waals surface area contributed by atoms with Crippen molar-refractivity contribution in [1.29, 1.82) is 0 Å². The molecule has 1 aromatic rings. The van der Waals surface area contributed by atoms with E-state index in [9.17, 15) is 8.42 Å². The molecule has 0 spiro atoms. The van der Waals surface area contributed by atoms with E-state index in [2.05, 4.69) is 15.2 Å². The zero-order valence-corrected chi connectivity index (χ0v) is 10.9. The molecule has 7 heteroatoms. The summed E-state index contributed by atoms with van der Waals surface area (Å²) in [6.07, 6.45) is 5.47. The summed E-state index contributed by atoms with van der Waals surface area (Å²) in [5.41, 5.74) is 0.522. The van der Waals surface area contributed by atoms with Crippen molar-refractivity contribution in [2.75, 3.05) is 25.9 Å². The zero-order chi connectivity index (χ0) is 12.3. The first-order valence-electron chi connectivity index (χ1n) is 5.82. The Balaban J connectivity index is 1.85. The minimum atomic E-state index is -3.02. The molecule has 96 valence electrons. The summed E-state index contributed by atoms with van der Waals surface area (Å²) in [5, 5.41) is 7.80. The molecule has 0 bridgehead atoms. The SMILES string of the molecule is CS(=O)(=O)Cc1cn(CCN2CCCC2)nn1. The highest BCUT2D eigenvalue weighted by Gasteiger charge is 2.12. The quantitative estimate of drug-likeness (QED) is 0.739. The molecule has 1 aliphatic rings. The second-order valence-electron chi connectivity index (χ2n) is 4.59. The molecule has 1 aromatic heterocycles. The lowest BCUT2D eigenvalue weighted by Crippen LogP contribution is -2.24. The van der Waals surface area contributed by atoms with Crippen LogP contribution in [0, 0.1) is 0 Å². The third kappa shape index (κ3) is 4.08. The van der Waals surface area contributed by atoms with Gasteiger partial charge in [0.1, 0.15) is 0 Å². The highest BCUT2D eigenvalue weighted by molar-refractivity contribution is 7.89. The Morgan fingerprint density at radius 1 is 1.29 bits per heavy atom. The van der Waals surface area contributed by atoms with Crippen LogP contribution in [0.5, 0.6) is 0 Å². The Morgan fingerprint density at radius 2 is 2.00 bits per heavy atom. The average molecular weight is 258 g/mol. The zero-order valence-electron chi connectivity index (χ0n) is 10.0. The van der Waals surface area contributed by atoms with Crippen molar-refractivity contribution >= 4 is 9.84 Å². The summed E-state index contributed by atoms with van der Waals surface area (Å²) in [7, 11) is -3.02. The fraction of sp³-hybridized carbons (Fsp3) is 0.800. The van der Waals surface area contributed by atoms with Gasteiger partial charge in [-0.15, -0.1) is 5.10 Å². The van der Waals surface area contributed by atoms with E-state index in [1.807, 2.05) is 0 Å². The fourth-order valence-corrected chi connectivity index (χ4v) is 2.70. The van der Waals surface area contributed by atoms with E-state index < -0.39 is 9.84 Å². The molecule has 17 heavy (non-hydrogen) atoms. The topological polar surface area (TPSA) is 68.1 Å². The molecule has 0 aliphatic carbocycles. The van der Waals surface area contributed by atoms with E-state index >= 15 is 0 Å². The first-order valence-corrected chi connectivity index (χ1v) is 7.88. The fourth-order valence-electron chi connectivity index (χ4n) is 2.03. The van der Waals surface area contributed by atoms with E-state index in [1.165, 1.54) is 19.1 Å². The van der Waals surface area contributed by atoms with Crippen LogP contribution in [0.25, 0.3) is 0 Å². The van der Waals surface area contributed by atoms with Gasteiger partial charge in [-0.2, -0.15) is 0 Å². The maximum absolute atomic E-state index is 11.1. The largest absolute Gasteiger partial charge is 0.301 e. The maximum atomic E-state index is 11.1. The van der Waals surface area contributed by atoms with E-state index in [1.54, 1.807) is 10.9 Å². The average Bonchev–Trinajstić information content (AvgIpc) is 2.82. The van der Waals surface area contributed by atoms with Gasteiger partial charge < -0.3 is 4.90 Å². The molecule has 0 radical (unpaired) electrons. The second-order valence-corrected chi connectivity index (χ2v) is 6.73. The van der Waals surface area contributed by atoms with E-state index in [4.69, 9.17) is 0 Å². The van der Waals surface area contributed by atoms with Crippen LogP contribution >= 0.6 is 0 Å². The molecule has 1 fully saturated rings. The van der Waals surface area contributed by atoms with E-state index in [0.717, 1.165) is 26.2 Å². The Morgan fingerprint density at radius 3 is 2.65 bits per heavy atom. The van der Waals surface area contributed by atoms with Gasteiger partial charge >= 0.3 is 0 Å². The Bertz CT molecular complexity index is 462. The van der Waals surface area contributed by atoms with Crippen molar-refractivity contribution in [3.63, 3.8) is 0 Å². The standard InChI is InChI=1S/C10H18N4O2S/c1-17(15,16)9-10-8-14(12-11-10)7-6-13-4-2-3-5-13/h8H,2-7,9H2,1H3. The predicted octanol–water partition coefficient (Wildman–Crippen LogP) is -0.0815. The monoisotopic (exact) mass is 258 g/mol. The van der Waals surface area contributed by atoms with Crippen LogP contribution in [0.1, 0.15) is 18.5 Å². The molecular weight excluding hydrogens is 240 g/mol. The van der Waals surface area contributed by atoms with Gasteiger partial charge in [-0.3, -0.25) is 4.68 Å². The molecular formula is C10H18N4O2S. The lowest BCUT2D eigenvalue weighted by Gasteiger charge is -2.13. The third-order valence-electron chi connectivity index (χ3n) is 2.84. The van der Waals surface area contributed by atoms with Crippen molar-refractivity contribution < 1.29 is 8.42 Å². The van der Waals surface area contributed by atoms with Gasteiger partial charge in [0.25, 0.3) is 0 Å². The van der Waals surface area contributed by atoms with Crippen molar-refractivity contribution in [2.24, 2.45) is 0 Å². The summed E-state index contributed by atoms with van der Waals surface area (Å²) in [4.78, 5) is 2.39. The molecule has 0 unspecified atom stereocenters. The molecule has 1 aliphatic heterocycles. The molecule has 0 amide bonds. The summed E-state index contributed by atoms with van der Waals surface area (Å²) in [6, 6.07) is 0. The summed E-state index contributed by atoms with van der Waals surface area (Å²) in [5.74, 6) is -0.0310. The summed E-state index contributed by atoms with van der Waals surface area (Å²) >= 11 is 0. The first-order chi connectivity index (χ1) is 8.03. The van der Waals surface area contributed by atoms with Gasteiger partial charge in [0, 0.05) is 19.0 Å². The Kier molecular flexibility index (Phi) is 3.78. The number of rotatable bonds is 5. The lowest BCUT2D eigenvalue weighted by molar-refractivity contribution is 0.314. The Labute approximate surface area is 102 Å². The third-order valence-corrected chi connectivity index (χ3v) is 3.66.